The van der Waals surface area contributed by atoms with Gasteiger partial charge in [-0.2, -0.15) is 4.99 Å². The molecule has 0 aromatic heterocycles. The first-order valence-corrected chi connectivity index (χ1v) is 7.95. The number of carbonyl (C=O) groups is 1. The third kappa shape index (κ3) is 3.15. The van der Waals surface area contributed by atoms with Crippen LogP contribution < -0.4 is 0 Å². The molecule has 1 fully saturated rings. The van der Waals surface area contributed by atoms with Crippen molar-refractivity contribution in [1.82, 2.24) is 4.90 Å². The molecule has 0 atom stereocenters. The Morgan fingerprint density at radius 2 is 1.95 bits per heavy atom. The fraction of sp³-hybridized carbons (Fsp3) is 0.333. The standard InChI is InChI=1S/C15H15ClN2O2S/c1-10(11-2-4-12(16)5-3-11)13-14(19)17-15(21-13)18-6-8-20-9-7-18/h2-5H,6-9H2,1H3. The molecule has 0 spiro atoms. The summed E-state index contributed by atoms with van der Waals surface area (Å²) in [4.78, 5) is 19.1. The maximum atomic E-state index is 12.2. The summed E-state index contributed by atoms with van der Waals surface area (Å²) < 4.78 is 5.33. The average molecular weight is 323 g/mol. The highest BCUT2D eigenvalue weighted by Crippen LogP contribution is 2.35. The monoisotopic (exact) mass is 322 g/mol. The molecule has 3 rings (SSSR count). The normalized spacial score (nSPS) is 21.5. The van der Waals surface area contributed by atoms with Gasteiger partial charge in [0, 0.05) is 18.1 Å². The van der Waals surface area contributed by atoms with Crippen molar-refractivity contribution in [3.8, 4) is 0 Å². The van der Waals surface area contributed by atoms with E-state index in [-0.39, 0.29) is 5.91 Å². The molecular weight excluding hydrogens is 308 g/mol. The van der Waals surface area contributed by atoms with Crippen molar-refractivity contribution in [2.24, 2.45) is 4.99 Å². The van der Waals surface area contributed by atoms with Gasteiger partial charge in [-0.1, -0.05) is 23.7 Å². The smallest absolute Gasteiger partial charge is 0.286 e. The van der Waals surface area contributed by atoms with E-state index in [1.807, 2.05) is 31.2 Å². The van der Waals surface area contributed by atoms with Crippen LogP contribution in [0.5, 0.6) is 0 Å². The van der Waals surface area contributed by atoms with E-state index < -0.39 is 0 Å². The molecule has 1 aromatic rings. The first kappa shape index (κ1) is 14.6. The van der Waals surface area contributed by atoms with Gasteiger partial charge in [0.2, 0.25) is 0 Å². The number of hydrogen-bond acceptors (Lipinski definition) is 4. The summed E-state index contributed by atoms with van der Waals surface area (Å²) in [5, 5.41) is 1.47. The van der Waals surface area contributed by atoms with Gasteiger partial charge >= 0.3 is 0 Å². The van der Waals surface area contributed by atoms with E-state index in [4.69, 9.17) is 16.3 Å². The van der Waals surface area contributed by atoms with Crippen LogP contribution in [-0.2, 0) is 9.53 Å². The molecular formula is C15H15ClN2O2S. The van der Waals surface area contributed by atoms with E-state index in [1.165, 1.54) is 11.8 Å². The van der Waals surface area contributed by atoms with E-state index in [0.717, 1.165) is 29.4 Å². The van der Waals surface area contributed by atoms with Gasteiger partial charge < -0.3 is 9.64 Å². The average Bonchev–Trinajstić information content (AvgIpc) is 2.90. The fourth-order valence-electron chi connectivity index (χ4n) is 2.25. The molecule has 0 bridgehead atoms. The lowest BCUT2D eigenvalue weighted by molar-refractivity contribution is -0.113. The van der Waals surface area contributed by atoms with Crippen LogP contribution in [0.1, 0.15) is 12.5 Å². The molecule has 0 aliphatic carbocycles. The first-order valence-electron chi connectivity index (χ1n) is 6.75. The van der Waals surface area contributed by atoms with Gasteiger partial charge in [-0.05, 0) is 42.0 Å². The Morgan fingerprint density at radius 3 is 2.62 bits per heavy atom. The number of halogens is 1. The molecule has 2 aliphatic rings. The van der Waals surface area contributed by atoms with Crippen LogP contribution in [0.2, 0.25) is 5.02 Å². The van der Waals surface area contributed by atoms with Crippen molar-refractivity contribution >= 4 is 40.0 Å². The number of rotatable bonds is 1. The number of allylic oxidation sites excluding steroid dienone is 1. The summed E-state index contributed by atoms with van der Waals surface area (Å²) in [6.07, 6.45) is 0. The SMILES string of the molecule is CC(=C1SC(N2CCOCC2)=NC1=O)c1ccc(Cl)cc1. The molecule has 4 nitrogen and oxygen atoms in total. The number of ether oxygens (including phenoxy) is 1. The van der Waals surface area contributed by atoms with Crippen molar-refractivity contribution < 1.29 is 9.53 Å². The second kappa shape index (κ2) is 6.22. The number of carbonyl (C=O) groups excluding carboxylic acids is 1. The van der Waals surface area contributed by atoms with Crippen molar-refractivity contribution in [2.45, 2.75) is 6.92 Å². The van der Waals surface area contributed by atoms with Crippen LogP contribution in [0.25, 0.3) is 5.57 Å². The zero-order chi connectivity index (χ0) is 14.8. The fourth-order valence-corrected chi connectivity index (χ4v) is 3.41. The summed E-state index contributed by atoms with van der Waals surface area (Å²) in [6.45, 7) is 4.88. The molecule has 1 aromatic carbocycles. The molecule has 0 N–H and O–H groups in total. The van der Waals surface area contributed by atoms with E-state index in [0.29, 0.717) is 23.1 Å². The largest absolute Gasteiger partial charge is 0.378 e. The van der Waals surface area contributed by atoms with Crippen molar-refractivity contribution in [3.05, 3.63) is 39.8 Å². The highest BCUT2D eigenvalue weighted by atomic mass is 35.5. The van der Waals surface area contributed by atoms with Crippen molar-refractivity contribution in [3.63, 3.8) is 0 Å². The molecule has 110 valence electrons. The Labute approximate surface area is 132 Å². The van der Waals surface area contributed by atoms with E-state index >= 15 is 0 Å². The minimum absolute atomic E-state index is 0.158. The summed E-state index contributed by atoms with van der Waals surface area (Å²) in [5.41, 5.74) is 1.93. The maximum absolute atomic E-state index is 12.2. The van der Waals surface area contributed by atoms with Crippen LogP contribution in [0.3, 0.4) is 0 Å². The zero-order valence-electron chi connectivity index (χ0n) is 11.6. The topological polar surface area (TPSA) is 41.9 Å². The predicted octanol–water partition coefficient (Wildman–Crippen LogP) is 3.03. The Hall–Kier alpha value is -1.30. The molecule has 6 heteroatoms. The number of amidine groups is 1. The number of thioether (sulfide) groups is 1. The molecule has 1 saturated heterocycles. The summed E-state index contributed by atoms with van der Waals surface area (Å²) in [5.74, 6) is -0.158. The van der Waals surface area contributed by atoms with E-state index in [2.05, 4.69) is 9.89 Å². The quantitative estimate of drug-likeness (QED) is 0.745. The van der Waals surface area contributed by atoms with Gasteiger partial charge in [-0.25, -0.2) is 0 Å². The van der Waals surface area contributed by atoms with E-state index in [9.17, 15) is 4.79 Å². The van der Waals surface area contributed by atoms with Crippen LogP contribution >= 0.6 is 23.4 Å². The van der Waals surface area contributed by atoms with Crippen LogP contribution in [0.4, 0.5) is 0 Å². The number of nitrogens with zero attached hydrogens (tertiary/aromatic N) is 2. The summed E-state index contributed by atoms with van der Waals surface area (Å²) >= 11 is 7.35. The Balaban J connectivity index is 1.82. The third-order valence-corrected chi connectivity index (χ3v) is 4.95. The second-order valence-electron chi connectivity index (χ2n) is 4.86. The Bertz CT molecular complexity index is 619. The van der Waals surface area contributed by atoms with Gasteiger partial charge in [0.05, 0.1) is 18.1 Å². The van der Waals surface area contributed by atoms with Gasteiger partial charge in [-0.15, -0.1) is 0 Å². The number of hydrogen-bond donors (Lipinski definition) is 0. The summed E-state index contributed by atoms with van der Waals surface area (Å²) in [7, 11) is 0. The number of aliphatic imine (C=N–C) groups is 1. The minimum Gasteiger partial charge on any atom is -0.378 e. The molecule has 2 heterocycles. The number of morpholine rings is 1. The Kier molecular flexibility index (Phi) is 4.33. The molecule has 21 heavy (non-hydrogen) atoms. The number of benzene rings is 1. The second-order valence-corrected chi connectivity index (χ2v) is 6.28. The van der Waals surface area contributed by atoms with Crippen LogP contribution in [0.15, 0.2) is 34.2 Å². The first-order chi connectivity index (χ1) is 10.1. The van der Waals surface area contributed by atoms with E-state index in [1.54, 1.807) is 0 Å². The third-order valence-electron chi connectivity index (χ3n) is 3.48. The van der Waals surface area contributed by atoms with Gasteiger partial charge in [-0.3, -0.25) is 4.79 Å². The van der Waals surface area contributed by atoms with Crippen LogP contribution in [-0.4, -0.2) is 42.3 Å². The van der Waals surface area contributed by atoms with Gasteiger partial charge in [0.15, 0.2) is 5.17 Å². The zero-order valence-corrected chi connectivity index (χ0v) is 13.2. The molecule has 0 saturated carbocycles. The van der Waals surface area contributed by atoms with Crippen molar-refractivity contribution in [2.75, 3.05) is 26.3 Å². The van der Waals surface area contributed by atoms with Gasteiger partial charge in [0.25, 0.3) is 5.91 Å². The molecule has 2 aliphatic heterocycles. The lowest BCUT2D eigenvalue weighted by Gasteiger charge is -2.27. The maximum Gasteiger partial charge on any atom is 0.286 e. The van der Waals surface area contributed by atoms with Crippen molar-refractivity contribution in [1.29, 1.82) is 0 Å². The highest BCUT2D eigenvalue weighted by Gasteiger charge is 2.28. The molecule has 0 radical (unpaired) electrons. The molecule has 0 unspecified atom stereocenters. The lowest BCUT2D eigenvalue weighted by Crippen LogP contribution is -2.38. The Morgan fingerprint density at radius 1 is 1.29 bits per heavy atom. The molecule has 1 amide bonds. The summed E-state index contributed by atoms with van der Waals surface area (Å²) in [6, 6.07) is 7.50. The minimum atomic E-state index is -0.158. The predicted molar refractivity (Wildman–Crippen MR) is 86.5 cm³/mol. The van der Waals surface area contributed by atoms with Crippen LogP contribution in [0, 0.1) is 0 Å². The van der Waals surface area contributed by atoms with Gasteiger partial charge in [0.1, 0.15) is 0 Å². The number of amides is 1. The highest BCUT2D eigenvalue weighted by molar-refractivity contribution is 8.18. The lowest BCUT2D eigenvalue weighted by atomic mass is 10.1.